The fourth-order valence-corrected chi connectivity index (χ4v) is 4.39. The Balaban J connectivity index is 1.61. The summed E-state index contributed by atoms with van der Waals surface area (Å²) < 4.78 is 8.17. The number of nitrogens with zero attached hydrogens (tertiary/aromatic N) is 1. The third-order valence-corrected chi connectivity index (χ3v) is 6.51. The summed E-state index contributed by atoms with van der Waals surface area (Å²) >= 11 is 7.06. The Labute approximate surface area is 185 Å². The lowest BCUT2D eigenvalue weighted by atomic mass is 9.84. The molecule has 0 atom stereocenters. The topological polar surface area (TPSA) is 32.7 Å². The van der Waals surface area contributed by atoms with Crippen molar-refractivity contribution in [2.45, 2.75) is 51.2 Å². The van der Waals surface area contributed by atoms with Gasteiger partial charge in [-0.1, -0.05) is 63.8 Å². The van der Waals surface area contributed by atoms with Gasteiger partial charge in [0.05, 0.1) is 12.2 Å². The minimum atomic E-state index is -0.728. The van der Waals surface area contributed by atoms with Gasteiger partial charge in [0.25, 0.3) is 0 Å². The molecule has 5 heteroatoms. The van der Waals surface area contributed by atoms with Gasteiger partial charge in [0.2, 0.25) is 0 Å². The first-order valence-electron chi connectivity index (χ1n) is 10.1. The average Bonchev–Trinajstić information content (AvgIpc) is 2.69. The maximum atomic E-state index is 11.1. The average molecular weight is 511 g/mol. The van der Waals surface area contributed by atoms with E-state index in [1.165, 1.54) is 18.4 Å². The molecular weight excluding hydrogens is 482 g/mol. The van der Waals surface area contributed by atoms with Crippen molar-refractivity contribution >= 4 is 31.9 Å². The second-order valence-corrected chi connectivity index (χ2v) is 9.45. The van der Waals surface area contributed by atoms with Crippen LogP contribution in [0.3, 0.4) is 0 Å². The van der Waals surface area contributed by atoms with Gasteiger partial charge >= 0.3 is 0 Å². The van der Waals surface area contributed by atoms with Crippen molar-refractivity contribution in [2.24, 2.45) is 0 Å². The van der Waals surface area contributed by atoms with Crippen LogP contribution >= 0.6 is 31.9 Å². The SMILES string of the molecule is CCCCCOc1ccc(Br)cc1CN1CCC(O)(c2ccc(Br)cc2)CC1. The molecule has 0 saturated carbocycles. The molecule has 1 N–H and O–H groups in total. The number of halogens is 2. The van der Waals surface area contributed by atoms with Crippen molar-refractivity contribution in [3.63, 3.8) is 0 Å². The summed E-state index contributed by atoms with van der Waals surface area (Å²) in [5, 5.41) is 11.1. The van der Waals surface area contributed by atoms with E-state index in [0.717, 1.165) is 65.8 Å². The van der Waals surface area contributed by atoms with Gasteiger partial charge in [0.15, 0.2) is 0 Å². The van der Waals surface area contributed by atoms with E-state index in [1.54, 1.807) is 0 Å². The molecule has 1 aliphatic heterocycles. The summed E-state index contributed by atoms with van der Waals surface area (Å²) in [4.78, 5) is 2.41. The normalized spacial score (nSPS) is 16.9. The monoisotopic (exact) mass is 509 g/mol. The van der Waals surface area contributed by atoms with Crippen LogP contribution in [0, 0.1) is 0 Å². The molecule has 0 bridgehead atoms. The minimum Gasteiger partial charge on any atom is -0.493 e. The lowest BCUT2D eigenvalue weighted by Crippen LogP contribution is -2.42. The van der Waals surface area contributed by atoms with Crippen molar-refractivity contribution in [3.05, 3.63) is 62.5 Å². The number of rotatable bonds is 8. The zero-order valence-corrected chi connectivity index (χ0v) is 19.6. The molecule has 1 fully saturated rings. The number of aliphatic hydroxyl groups is 1. The highest BCUT2D eigenvalue weighted by atomic mass is 79.9. The second-order valence-electron chi connectivity index (χ2n) is 7.62. The Kier molecular flexibility index (Phi) is 7.98. The maximum Gasteiger partial charge on any atom is 0.123 e. The van der Waals surface area contributed by atoms with E-state index < -0.39 is 5.60 Å². The molecule has 0 radical (unpaired) electrons. The van der Waals surface area contributed by atoms with Gasteiger partial charge in [0, 0.05) is 34.1 Å². The van der Waals surface area contributed by atoms with Gasteiger partial charge in [-0.05, 0) is 55.2 Å². The van der Waals surface area contributed by atoms with Crippen molar-refractivity contribution in [3.8, 4) is 5.75 Å². The highest BCUT2D eigenvalue weighted by Gasteiger charge is 2.34. The molecule has 0 unspecified atom stereocenters. The standard InChI is InChI=1S/C23H29Br2NO2/c1-2-3-4-15-28-22-10-9-21(25)16-18(22)17-26-13-11-23(27,12-14-26)19-5-7-20(24)8-6-19/h5-10,16,27H,2-4,11-15,17H2,1H3. The number of benzene rings is 2. The van der Waals surface area contributed by atoms with Crippen LogP contribution in [0.2, 0.25) is 0 Å². The van der Waals surface area contributed by atoms with E-state index >= 15 is 0 Å². The van der Waals surface area contributed by atoms with Crippen LogP contribution in [0.15, 0.2) is 51.4 Å². The van der Waals surface area contributed by atoms with Crippen molar-refractivity contribution in [2.75, 3.05) is 19.7 Å². The van der Waals surface area contributed by atoms with Gasteiger partial charge in [-0.2, -0.15) is 0 Å². The summed E-state index contributed by atoms with van der Waals surface area (Å²) in [5.41, 5.74) is 1.49. The van der Waals surface area contributed by atoms with E-state index in [9.17, 15) is 5.11 Å². The van der Waals surface area contributed by atoms with Gasteiger partial charge in [-0.15, -0.1) is 0 Å². The third-order valence-electron chi connectivity index (χ3n) is 5.49. The molecule has 3 rings (SSSR count). The summed E-state index contributed by atoms with van der Waals surface area (Å²) in [6, 6.07) is 14.3. The molecule has 1 saturated heterocycles. The molecular formula is C23H29Br2NO2. The van der Waals surface area contributed by atoms with Crippen LogP contribution in [-0.4, -0.2) is 29.7 Å². The highest BCUT2D eigenvalue weighted by molar-refractivity contribution is 9.10. The molecule has 28 heavy (non-hydrogen) atoms. The molecule has 152 valence electrons. The first-order chi connectivity index (χ1) is 13.5. The largest absolute Gasteiger partial charge is 0.493 e. The second kappa shape index (κ2) is 10.2. The van der Waals surface area contributed by atoms with Gasteiger partial charge in [-0.3, -0.25) is 4.90 Å². The summed E-state index contributed by atoms with van der Waals surface area (Å²) in [6.07, 6.45) is 4.98. The molecule has 0 amide bonds. The van der Waals surface area contributed by atoms with Crippen LogP contribution < -0.4 is 4.74 Å². The Hall–Kier alpha value is -0.880. The van der Waals surface area contributed by atoms with Crippen LogP contribution in [0.4, 0.5) is 0 Å². The molecule has 0 spiro atoms. The van der Waals surface area contributed by atoms with Crippen molar-refractivity contribution in [1.29, 1.82) is 0 Å². The predicted octanol–water partition coefficient (Wildman–Crippen LogP) is 6.26. The first-order valence-corrected chi connectivity index (χ1v) is 11.7. The summed E-state index contributed by atoms with van der Waals surface area (Å²) in [7, 11) is 0. The maximum absolute atomic E-state index is 11.1. The fraction of sp³-hybridized carbons (Fsp3) is 0.478. The van der Waals surface area contributed by atoms with Crippen molar-refractivity contribution < 1.29 is 9.84 Å². The molecule has 0 aliphatic carbocycles. The van der Waals surface area contributed by atoms with Gasteiger partial charge < -0.3 is 9.84 Å². The number of likely N-dealkylation sites (tertiary alicyclic amines) is 1. The van der Waals surface area contributed by atoms with Crippen molar-refractivity contribution in [1.82, 2.24) is 4.90 Å². The zero-order chi connectivity index (χ0) is 20.0. The minimum absolute atomic E-state index is 0.728. The van der Waals surface area contributed by atoms with Gasteiger partial charge in [-0.25, -0.2) is 0 Å². The smallest absolute Gasteiger partial charge is 0.123 e. The van der Waals surface area contributed by atoms with E-state index in [4.69, 9.17) is 4.74 Å². The molecule has 3 nitrogen and oxygen atoms in total. The summed E-state index contributed by atoms with van der Waals surface area (Å²) in [5.74, 6) is 0.980. The first kappa shape index (κ1) is 21.8. The Morgan fingerprint density at radius 2 is 1.68 bits per heavy atom. The van der Waals surface area contributed by atoms with E-state index in [2.05, 4.69) is 55.8 Å². The molecule has 0 aromatic heterocycles. The Morgan fingerprint density at radius 1 is 1.00 bits per heavy atom. The highest BCUT2D eigenvalue weighted by Crippen LogP contribution is 2.34. The Morgan fingerprint density at radius 3 is 2.36 bits per heavy atom. The van der Waals surface area contributed by atoms with E-state index in [0.29, 0.717) is 0 Å². The third kappa shape index (κ3) is 5.82. The Bertz CT molecular complexity index is 756. The molecule has 1 heterocycles. The van der Waals surface area contributed by atoms with Gasteiger partial charge in [0.1, 0.15) is 5.75 Å². The molecule has 2 aromatic carbocycles. The fourth-order valence-electron chi connectivity index (χ4n) is 3.72. The van der Waals surface area contributed by atoms with E-state index in [-0.39, 0.29) is 0 Å². The number of unbranched alkanes of at least 4 members (excludes halogenated alkanes) is 2. The number of hydrogen-bond acceptors (Lipinski definition) is 3. The van der Waals surface area contributed by atoms with E-state index in [1.807, 2.05) is 30.3 Å². The number of piperidine rings is 1. The van der Waals surface area contributed by atoms with Crippen LogP contribution in [0.5, 0.6) is 5.75 Å². The number of hydrogen-bond donors (Lipinski definition) is 1. The van der Waals surface area contributed by atoms with Crippen LogP contribution in [0.25, 0.3) is 0 Å². The predicted molar refractivity (Wildman–Crippen MR) is 122 cm³/mol. The van der Waals surface area contributed by atoms with Crippen LogP contribution in [0.1, 0.15) is 50.2 Å². The molecule has 1 aliphatic rings. The lowest BCUT2D eigenvalue weighted by Gasteiger charge is -2.38. The number of ether oxygens (including phenoxy) is 1. The quantitative estimate of drug-likeness (QED) is 0.425. The zero-order valence-electron chi connectivity index (χ0n) is 16.5. The lowest BCUT2D eigenvalue weighted by molar-refractivity contribution is -0.0278. The molecule has 2 aromatic rings. The van der Waals surface area contributed by atoms with Crippen LogP contribution in [-0.2, 0) is 12.1 Å². The summed E-state index contributed by atoms with van der Waals surface area (Å²) in [6.45, 7) is 5.56.